The molecule has 0 radical (unpaired) electrons. The molecule has 1 amide bonds. The summed E-state index contributed by atoms with van der Waals surface area (Å²) in [7, 11) is 0. The van der Waals surface area contributed by atoms with Crippen molar-refractivity contribution in [1.82, 2.24) is 5.32 Å². The van der Waals surface area contributed by atoms with Gasteiger partial charge in [-0.05, 0) is 56.9 Å². The van der Waals surface area contributed by atoms with Gasteiger partial charge in [-0.2, -0.15) is 0 Å². The fourth-order valence-electron chi connectivity index (χ4n) is 2.63. The first-order valence-electron chi connectivity index (χ1n) is 7.23. The topological polar surface area (TPSA) is 66.4 Å². The van der Waals surface area contributed by atoms with E-state index in [-0.39, 0.29) is 18.2 Å². The van der Waals surface area contributed by atoms with Crippen LogP contribution in [0.1, 0.15) is 49.4 Å². The van der Waals surface area contributed by atoms with E-state index in [0.29, 0.717) is 18.4 Å². The molecule has 2 N–H and O–H groups in total. The highest BCUT2D eigenvalue weighted by Gasteiger charge is 2.39. The van der Waals surface area contributed by atoms with Gasteiger partial charge in [0, 0.05) is 18.0 Å². The van der Waals surface area contributed by atoms with E-state index in [4.69, 9.17) is 0 Å². The summed E-state index contributed by atoms with van der Waals surface area (Å²) < 4.78 is 12.8. The Morgan fingerprint density at radius 2 is 1.86 bits per heavy atom. The first kappa shape index (κ1) is 15.6. The van der Waals surface area contributed by atoms with Crippen molar-refractivity contribution in [2.75, 3.05) is 0 Å². The Balaban J connectivity index is 1.89. The molecule has 1 unspecified atom stereocenters. The van der Waals surface area contributed by atoms with Gasteiger partial charge in [0.05, 0.1) is 0 Å². The number of halogens is 1. The molecule has 0 saturated heterocycles. The number of amides is 1. The molecule has 0 bridgehead atoms. The zero-order valence-corrected chi connectivity index (χ0v) is 12.1. The van der Waals surface area contributed by atoms with Crippen LogP contribution < -0.4 is 5.32 Å². The number of Topliss-reactive ketones (excluding diaryl/α,β-unsaturated/α-hetero) is 1. The predicted molar refractivity (Wildman–Crippen MR) is 76.4 cm³/mol. The molecule has 1 aliphatic rings. The molecule has 1 saturated carbocycles. The van der Waals surface area contributed by atoms with E-state index in [0.717, 1.165) is 12.8 Å². The van der Waals surface area contributed by atoms with Crippen molar-refractivity contribution >= 4 is 11.7 Å². The van der Waals surface area contributed by atoms with Gasteiger partial charge in [0.2, 0.25) is 0 Å². The van der Waals surface area contributed by atoms with Crippen molar-refractivity contribution in [1.29, 1.82) is 0 Å². The van der Waals surface area contributed by atoms with Crippen molar-refractivity contribution in [3.63, 3.8) is 0 Å². The molecule has 1 atom stereocenters. The van der Waals surface area contributed by atoms with Crippen LogP contribution in [0.5, 0.6) is 0 Å². The molecular formula is C16H20FNO3. The summed E-state index contributed by atoms with van der Waals surface area (Å²) in [6.45, 7) is 1.72. The molecule has 1 fully saturated rings. The highest BCUT2D eigenvalue weighted by Crippen LogP contribution is 2.29. The predicted octanol–water partition coefficient (Wildman–Crippen LogP) is 2.21. The molecule has 1 aliphatic carbocycles. The van der Waals surface area contributed by atoms with Crippen molar-refractivity contribution in [3.05, 3.63) is 35.6 Å². The maximum atomic E-state index is 12.8. The summed E-state index contributed by atoms with van der Waals surface area (Å²) >= 11 is 0. The minimum absolute atomic E-state index is 0.119. The van der Waals surface area contributed by atoms with Crippen LogP contribution in [0.15, 0.2) is 24.3 Å². The number of carbonyl (C=O) groups is 2. The molecule has 1 aromatic carbocycles. The molecule has 4 nitrogen and oxygen atoms in total. The third-order valence-electron chi connectivity index (χ3n) is 3.89. The van der Waals surface area contributed by atoms with Gasteiger partial charge in [-0.3, -0.25) is 9.59 Å². The number of carbonyl (C=O) groups excluding carboxylic acids is 2. The molecule has 0 spiro atoms. The van der Waals surface area contributed by atoms with Crippen LogP contribution in [0.2, 0.25) is 0 Å². The Kier molecular flexibility index (Phi) is 4.73. The average Bonchev–Trinajstić information content (AvgIpc) is 2.87. The second-order valence-electron chi connectivity index (χ2n) is 5.75. The normalized spacial score (nSPS) is 18.2. The first-order chi connectivity index (χ1) is 9.90. The molecular weight excluding hydrogens is 273 g/mol. The van der Waals surface area contributed by atoms with Crippen LogP contribution in [0, 0.1) is 5.82 Å². The minimum Gasteiger partial charge on any atom is -0.380 e. The van der Waals surface area contributed by atoms with Crippen molar-refractivity contribution in [2.24, 2.45) is 0 Å². The van der Waals surface area contributed by atoms with Gasteiger partial charge >= 0.3 is 0 Å². The summed E-state index contributed by atoms with van der Waals surface area (Å²) in [5.74, 6) is -0.961. The SMILES string of the molecule is CC(CC(=O)c1ccc(F)cc1)NC(=O)C1(O)CCCC1. The van der Waals surface area contributed by atoms with Crippen LogP contribution in [0.25, 0.3) is 0 Å². The largest absolute Gasteiger partial charge is 0.380 e. The second kappa shape index (κ2) is 6.35. The zero-order chi connectivity index (χ0) is 15.5. The Hall–Kier alpha value is -1.75. The smallest absolute Gasteiger partial charge is 0.252 e. The lowest BCUT2D eigenvalue weighted by molar-refractivity contribution is -0.139. The molecule has 114 valence electrons. The summed E-state index contributed by atoms with van der Waals surface area (Å²) in [6, 6.07) is 4.95. The first-order valence-corrected chi connectivity index (χ1v) is 7.23. The average molecular weight is 293 g/mol. The maximum Gasteiger partial charge on any atom is 0.252 e. The number of ketones is 1. The van der Waals surface area contributed by atoms with Crippen LogP contribution in [-0.2, 0) is 4.79 Å². The number of hydrogen-bond donors (Lipinski definition) is 2. The van der Waals surface area contributed by atoms with Gasteiger partial charge in [-0.25, -0.2) is 4.39 Å². The van der Waals surface area contributed by atoms with Crippen LogP contribution in [0.4, 0.5) is 4.39 Å². The third-order valence-corrected chi connectivity index (χ3v) is 3.89. The van der Waals surface area contributed by atoms with E-state index in [2.05, 4.69) is 5.32 Å². The van der Waals surface area contributed by atoms with Crippen LogP contribution in [0.3, 0.4) is 0 Å². The molecule has 21 heavy (non-hydrogen) atoms. The zero-order valence-electron chi connectivity index (χ0n) is 12.1. The molecule has 0 aliphatic heterocycles. The fraction of sp³-hybridized carbons (Fsp3) is 0.500. The maximum absolute atomic E-state index is 12.8. The van der Waals surface area contributed by atoms with Gasteiger partial charge < -0.3 is 10.4 Å². The lowest BCUT2D eigenvalue weighted by Gasteiger charge is -2.23. The lowest BCUT2D eigenvalue weighted by Crippen LogP contribution is -2.48. The Morgan fingerprint density at radius 1 is 1.29 bits per heavy atom. The van der Waals surface area contributed by atoms with Gasteiger partial charge in [0.1, 0.15) is 11.4 Å². The van der Waals surface area contributed by atoms with Gasteiger partial charge in [-0.15, -0.1) is 0 Å². The summed E-state index contributed by atoms with van der Waals surface area (Å²) in [5.41, 5.74) is -0.871. The Morgan fingerprint density at radius 3 is 2.43 bits per heavy atom. The van der Waals surface area contributed by atoms with Gasteiger partial charge in [0.25, 0.3) is 5.91 Å². The molecule has 0 heterocycles. The number of hydrogen-bond acceptors (Lipinski definition) is 3. The molecule has 5 heteroatoms. The minimum atomic E-state index is -1.28. The monoisotopic (exact) mass is 293 g/mol. The lowest BCUT2D eigenvalue weighted by atomic mass is 9.99. The summed E-state index contributed by atoms with van der Waals surface area (Å²) in [4.78, 5) is 24.0. The molecule has 2 rings (SSSR count). The van der Waals surface area contributed by atoms with Crippen molar-refractivity contribution in [3.8, 4) is 0 Å². The molecule has 0 aromatic heterocycles. The summed E-state index contributed by atoms with van der Waals surface area (Å²) in [6.07, 6.45) is 2.74. The third kappa shape index (κ3) is 3.88. The number of benzene rings is 1. The van der Waals surface area contributed by atoms with E-state index >= 15 is 0 Å². The van der Waals surface area contributed by atoms with E-state index in [1.807, 2.05) is 0 Å². The van der Waals surface area contributed by atoms with Gasteiger partial charge in [0.15, 0.2) is 5.78 Å². The number of rotatable bonds is 5. The Labute approximate surface area is 123 Å². The van der Waals surface area contributed by atoms with Gasteiger partial charge in [-0.1, -0.05) is 0 Å². The fourth-order valence-corrected chi connectivity index (χ4v) is 2.63. The standard InChI is InChI=1S/C16H20FNO3/c1-11(18-15(20)16(21)8-2-3-9-16)10-14(19)12-4-6-13(17)7-5-12/h4-7,11,21H,2-3,8-10H2,1H3,(H,18,20). The molecule has 1 aromatic rings. The highest BCUT2D eigenvalue weighted by molar-refractivity contribution is 5.96. The highest BCUT2D eigenvalue weighted by atomic mass is 19.1. The van der Waals surface area contributed by atoms with E-state index < -0.39 is 17.3 Å². The van der Waals surface area contributed by atoms with Crippen LogP contribution in [-0.4, -0.2) is 28.4 Å². The van der Waals surface area contributed by atoms with E-state index in [9.17, 15) is 19.1 Å². The second-order valence-corrected chi connectivity index (χ2v) is 5.75. The van der Waals surface area contributed by atoms with Crippen LogP contribution >= 0.6 is 0 Å². The van der Waals surface area contributed by atoms with E-state index in [1.165, 1.54) is 24.3 Å². The number of nitrogens with one attached hydrogen (secondary N) is 1. The number of aliphatic hydroxyl groups is 1. The van der Waals surface area contributed by atoms with E-state index in [1.54, 1.807) is 6.92 Å². The quantitative estimate of drug-likeness (QED) is 0.818. The summed E-state index contributed by atoms with van der Waals surface area (Å²) in [5, 5.41) is 12.8. The van der Waals surface area contributed by atoms with Crippen molar-refractivity contribution < 1.29 is 19.1 Å². The van der Waals surface area contributed by atoms with Crippen molar-refractivity contribution in [2.45, 2.75) is 50.7 Å². The Bertz CT molecular complexity index is 521.